The van der Waals surface area contributed by atoms with Gasteiger partial charge in [0, 0.05) is 18.8 Å². The van der Waals surface area contributed by atoms with Crippen LogP contribution in [-0.4, -0.2) is 21.0 Å². The third-order valence-electron chi connectivity index (χ3n) is 4.89. The van der Waals surface area contributed by atoms with E-state index in [2.05, 4.69) is 10.6 Å². The SMILES string of the molecule is O=C(NCc1ccc(F)cc1)Nc1ccc2c(c1)CCN2S(=O)(=O)c1ccccc1. The van der Waals surface area contributed by atoms with Gasteiger partial charge in [0.25, 0.3) is 10.0 Å². The third-order valence-corrected chi connectivity index (χ3v) is 6.72. The number of fused-ring (bicyclic) bond motifs is 1. The van der Waals surface area contributed by atoms with Crippen molar-refractivity contribution < 1.29 is 17.6 Å². The predicted octanol–water partition coefficient (Wildman–Crippen LogP) is 3.90. The Morgan fingerprint density at radius 2 is 1.73 bits per heavy atom. The first-order chi connectivity index (χ1) is 14.4. The fourth-order valence-electron chi connectivity index (χ4n) is 3.38. The number of hydrogen-bond acceptors (Lipinski definition) is 3. The number of amides is 2. The molecule has 0 unspecified atom stereocenters. The van der Waals surface area contributed by atoms with Crippen LogP contribution in [0, 0.1) is 5.82 Å². The van der Waals surface area contributed by atoms with E-state index in [0.29, 0.717) is 24.3 Å². The lowest BCUT2D eigenvalue weighted by Crippen LogP contribution is -2.29. The van der Waals surface area contributed by atoms with Gasteiger partial charge in [0.15, 0.2) is 0 Å². The van der Waals surface area contributed by atoms with Crippen LogP contribution in [-0.2, 0) is 23.0 Å². The van der Waals surface area contributed by atoms with Crippen molar-refractivity contribution in [3.05, 3.63) is 89.7 Å². The summed E-state index contributed by atoms with van der Waals surface area (Å²) < 4.78 is 40.2. The van der Waals surface area contributed by atoms with Gasteiger partial charge in [-0.1, -0.05) is 30.3 Å². The van der Waals surface area contributed by atoms with Crippen LogP contribution < -0.4 is 14.9 Å². The Bertz CT molecular complexity index is 1170. The van der Waals surface area contributed by atoms with Crippen molar-refractivity contribution in [3.63, 3.8) is 0 Å². The number of benzene rings is 3. The largest absolute Gasteiger partial charge is 0.334 e. The topological polar surface area (TPSA) is 78.5 Å². The van der Waals surface area contributed by atoms with Crippen LogP contribution in [0.25, 0.3) is 0 Å². The van der Waals surface area contributed by atoms with E-state index in [4.69, 9.17) is 0 Å². The van der Waals surface area contributed by atoms with Crippen molar-refractivity contribution in [1.29, 1.82) is 0 Å². The molecule has 0 bridgehead atoms. The quantitative estimate of drug-likeness (QED) is 0.651. The molecule has 3 aromatic rings. The second-order valence-electron chi connectivity index (χ2n) is 6.92. The van der Waals surface area contributed by atoms with Crippen molar-refractivity contribution in [3.8, 4) is 0 Å². The highest BCUT2D eigenvalue weighted by Crippen LogP contribution is 2.34. The number of anilines is 2. The van der Waals surface area contributed by atoms with E-state index in [-0.39, 0.29) is 17.3 Å². The number of nitrogens with one attached hydrogen (secondary N) is 2. The maximum absolute atomic E-state index is 12.9. The van der Waals surface area contributed by atoms with E-state index in [1.807, 2.05) is 0 Å². The minimum Gasteiger partial charge on any atom is -0.334 e. The summed E-state index contributed by atoms with van der Waals surface area (Å²) >= 11 is 0. The molecule has 0 aromatic heterocycles. The molecule has 0 aliphatic carbocycles. The molecule has 4 rings (SSSR count). The molecule has 2 N–H and O–H groups in total. The first-order valence-corrected chi connectivity index (χ1v) is 10.9. The molecule has 30 heavy (non-hydrogen) atoms. The molecule has 0 saturated carbocycles. The molecule has 0 saturated heterocycles. The third kappa shape index (κ3) is 4.13. The lowest BCUT2D eigenvalue weighted by Gasteiger charge is -2.19. The highest BCUT2D eigenvalue weighted by Gasteiger charge is 2.30. The van der Waals surface area contributed by atoms with E-state index in [9.17, 15) is 17.6 Å². The predicted molar refractivity (Wildman–Crippen MR) is 113 cm³/mol. The Morgan fingerprint density at radius 1 is 1.00 bits per heavy atom. The van der Waals surface area contributed by atoms with Crippen LogP contribution in [0.1, 0.15) is 11.1 Å². The fraction of sp³-hybridized carbons (Fsp3) is 0.136. The van der Waals surface area contributed by atoms with Crippen LogP contribution in [0.3, 0.4) is 0 Å². The van der Waals surface area contributed by atoms with Crippen LogP contribution >= 0.6 is 0 Å². The molecule has 0 radical (unpaired) electrons. The second kappa shape index (κ2) is 8.16. The zero-order valence-corrected chi connectivity index (χ0v) is 16.8. The Balaban J connectivity index is 1.43. The van der Waals surface area contributed by atoms with Crippen molar-refractivity contribution >= 4 is 27.4 Å². The van der Waals surface area contributed by atoms with Gasteiger partial charge in [-0.2, -0.15) is 0 Å². The highest BCUT2D eigenvalue weighted by atomic mass is 32.2. The fourth-order valence-corrected chi connectivity index (χ4v) is 4.90. The lowest BCUT2D eigenvalue weighted by atomic mass is 10.1. The van der Waals surface area contributed by atoms with Gasteiger partial charge in [0.1, 0.15) is 5.82 Å². The number of carbonyl (C=O) groups is 1. The Morgan fingerprint density at radius 3 is 2.47 bits per heavy atom. The van der Waals surface area contributed by atoms with Gasteiger partial charge in [0.05, 0.1) is 10.6 Å². The molecule has 0 spiro atoms. The normalized spacial score (nSPS) is 13.0. The number of sulfonamides is 1. The summed E-state index contributed by atoms with van der Waals surface area (Å²) in [6.45, 7) is 0.618. The molecular formula is C22H20FN3O3S. The van der Waals surface area contributed by atoms with Crippen LogP contribution in [0.4, 0.5) is 20.6 Å². The molecule has 154 valence electrons. The van der Waals surface area contributed by atoms with Crippen molar-refractivity contribution in [2.24, 2.45) is 0 Å². The Labute approximate surface area is 174 Å². The molecular weight excluding hydrogens is 405 g/mol. The van der Waals surface area contributed by atoms with Gasteiger partial charge < -0.3 is 10.6 Å². The molecule has 1 aliphatic heterocycles. The van der Waals surface area contributed by atoms with Crippen LogP contribution in [0.5, 0.6) is 0 Å². The number of rotatable bonds is 5. The standard InChI is InChI=1S/C22H20FN3O3S/c23-18-8-6-16(7-9-18)15-24-22(27)25-19-10-11-21-17(14-19)12-13-26(21)30(28,29)20-4-2-1-3-5-20/h1-11,14H,12-13,15H2,(H2,24,25,27). The number of nitrogens with zero attached hydrogens (tertiary/aromatic N) is 1. The first kappa shape index (κ1) is 19.9. The number of halogens is 1. The zero-order valence-electron chi connectivity index (χ0n) is 16.0. The molecule has 0 atom stereocenters. The molecule has 1 aliphatic rings. The minimum atomic E-state index is -3.62. The summed E-state index contributed by atoms with van der Waals surface area (Å²) in [5, 5.41) is 5.46. The average molecular weight is 425 g/mol. The van der Waals surface area contributed by atoms with E-state index >= 15 is 0 Å². The summed E-state index contributed by atoms with van der Waals surface area (Å²) in [6.07, 6.45) is 0.564. The maximum atomic E-state index is 12.9. The first-order valence-electron chi connectivity index (χ1n) is 9.43. The van der Waals surface area contributed by atoms with Crippen molar-refractivity contribution in [2.45, 2.75) is 17.9 Å². The molecule has 0 fully saturated rings. The van der Waals surface area contributed by atoms with Gasteiger partial charge in [-0.3, -0.25) is 4.31 Å². The Kier molecular flexibility index (Phi) is 5.41. The average Bonchev–Trinajstić information content (AvgIpc) is 3.18. The maximum Gasteiger partial charge on any atom is 0.319 e. The zero-order chi connectivity index (χ0) is 21.1. The molecule has 2 amide bonds. The van der Waals surface area contributed by atoms with Gasteiger partial charge in [-0.15, -0.1) is 0 Å². The summed E-state index contributed by atoms with van der Waals surface area (Å²) in [7, 11) is -3.62. The molecule has 6 nitrogen and oxygen atoms in total. The van der Waals surface area contributed by atoms with Crippen molar-refractivity contribution in [1.82, 2.24) is 5.32 Å². The molecule has 3 aromatic carbocycles. The van der Waals surface area contributed by atoms with Gasteiger partial charge >= 0.3 is 6.03 Å². The Hall–Kier alpha value is -3.39. The monoisotopic (exact) mass is 425 g/mol. The molecule has 8 heteroatoms. The lowest BCUT2D eigenvalue weighted by molar-refractivity contribution is 0.251. The van der Waals surface area contributed by atoms with Gasteiger partial charge in [0.2, 0.25) is 0 Å². The van der Waals surface area contributed by atoms with Crippen LogP contribution in [0.2, 0.25) is 0 Å². The summed E-state index contributed by atoms with van der Waals surface area (Å²) in [4.78, 5) is 12.4. The smallest absolute Gasteiger partial charge is 0.319 e. The second-order valence-corrected chi connectivity index (χ2v) is 8.78. The number of carbonyl (C=O) groups excluding carboxylic acids is 1. The van der Waals surface area contributed by atoms with Gasteiger partial charge in [-0.25, -0.2) is 17.6 Å². The summed E-state index contributed by atoms with van der Waals surface area (Å²) in [5.74, 6) is -0.329. The van der Waals surface area contributed by atoms with E-state index in [0.717, 1.165) is 11.1 Å². The van der Waals surface area contributed by atoms with E-state index < -0.39 is 16.1 Å². The highest BCUT2D eigenvalue weighted by molar-refractivity contribution is 7.92. The summed E-state index contributed by atoms with van der Waals surface area (Å²) in [5.41, 5.74) is 2.83. The number of hydrogen-bond donors (Lipinski definition) is 2. The van der Waals surface area contributed by atoms with E-state index in [1.54, 1.807) is 60.7 Å². The van der Waals surface area contributed by atoms with Crippen LogP contribution in [0.15, 0.2) is 77.7 Å². The van der Waals surface area contributed by atoms with Gasteiger partial charge in [-0.05, 0) is 60.0 Å². The number of urea groups is 1. The van der Waals surface area contributed by atoms with E-state index in [1.165, 1.54) is 16.4 Å². The summed E-state index contributed by atoms with van der Waals surface area (Å²) in [6, 6.07) is 19.0. The van der Waals surface area contributed by atoms with Crippen molar-refractivity contribution in [2.75, 3.05) is 16.2 Å². The molecule has 1 heterocycles. The minimum absolute atomic E-state index is 0.250.